The number of methoxy groups -OCH3 is 2. The van der Waals surface area contributed by atoms with E-state index in [0.717, 1.165) is 36.8 Å². The monoisotopic (exact) mass is 467 g/mol. The molecule has 1 aromatic rings. The molecular formula is C16H26IN3O3S. The number of benzene rings is 1. The van der Waals surface area contributed by atoms with E-state index in [1.165, 1.54) is 0 Å². The van der Waals surface area contributed by atoms with Crippen LogP contribution in [0.15, 0.2) is 23.2 Å². The van der Waals surface area contributed by atoms with Gasteiger partial charge in [0.2, 0.25) is 0 Å². The zero-order valence-electron chi connectivity index (χ0n) is 14.2. The summed E-state index contributed by atoms with van der Waals surface area (Å²) in [5.74, 6) is 5.04. The topological polar surface area (TPSA) is 69.3 Å². The first-order chi connectivity index (χ1) is 11.2. The summed E-state index contributed by atoms with van der Waals surface area (Å²) in [5, 5.41) is 0. The van der Waals surface area contributed by atoms with Gasteiger partial charge in [0, 0.05) is 55.8 Å². The Balaban J connectivity index is 0.00000288. The predicted octanol–water partition coefficient (Wildman–Crippen LogP) is 2.45. The van der Waals surface area contributed by atoms with Crippen LogP contribution in [0.25, 0.3) is 0 Å². The molecule has 0 spiro atoms. The van der Waals surface area contributed by atoms with Crippen LogP contribution in [0.5, 0.6) is 17.2 Å². The average Bonchev–Trinajstić information content (AvgIpc) is 2.61. The van der Waals surface area contributed by atoms with Gasteiger partial charge in [0.15, 0.2) is 5.96 Å². The van der Waals surface area contributed by atoms with E-state index in [4.69, 9.17) is 19.9 Å². The minimum atomic E-state index is 0. The second kappa shape index (κ2) is 11.5. The number of thioether (sulfide) groups is 1. The normalized spacial score (nSPS) is 14.8. The lowest BCUT2D eigenvalue weighted by molar-refractivity contribution is 0.307. The summed E-state index contributed by atoms with van der Waals surface area (Å²) >= 11 is 1.96. The zero-order valence-corrected chi connectivity index (χ0v) is 17.3. The Bertz CT molecular complexity index is 503. The average molecular weight is 467 g/mol. The van der Waals surface area contributed by atoms with Crippen LogP contribution in [0.1, 0.15) is 6.42 Å². The van der Waals surface area contributed by atoms with Crippen LogP contribution in [-0.2, 0) is 0 Å². The van der Waals surface area contributed by atoms with Gasteiger partial charge in [-0.3, -0.25) is 4.99 Å². The largest absolute Gasteiger partial charge is 0.496 e. The molecule has 0 radical (unpaired) electrons. The SMILES string of the molecule is COc1cc(OC)cc(OCCCN=C(N)N2CCSCC2)c1.I. The molecule has 2 N–H and O–H groups in total. The fourth-order valence-corrected chi connectivity index (χ4v) is 3.11. The Morgan fingerprint density at radius 3 is 2.29 bits per heavy atom. The van der Waals surface area contributed by atoms with Crippen LogP contribution in [0.4, 0.5) is 0 Å². The van der Waals surface area contributed by atoms with E-state index >= 15 is 0 Å². The van der Waals surface area contributed by atoms with E-state index in [1.54, 1.807) is 14.2 Å². The summed E-state index contributed by atoms with van der Waals surface area (Å²) in [6.07, 6.45) is 0.808. The van der Waals surface area contributed by atoms with Crippen molar-refractivity contribution in [3.05, 3.63) is 18.2 Å². The van der Waals surface area contributed by atoms with Crippen molar-refractivity contribution in [2.75, 3.05) is 52.0 Å². The molecule has 1 aliphatic heterocycles. The molecule has 8 heteroatoms. The number of hydrogen-bond donors (Lipinski definition) is 1. The lowest BCUT2D eigenvalue weighted by Gasteiger charge is -2.27. The fourth-order valence-electron chi connectivity index (χ4n) is 2.21. The first-order valence-electron chi connectivity index (χ1n) is 7.71. The number of nitrogens with two attached hydrogens (primary N) is 1. The first-order valence-corrected chi connectivity index (χ1v) is 8.87. The Hall–Kier alpha value is -1.03. The highest BCUT2D eigenvalue weighted by atomic mass is 127. The minimum Gasteiger partial charge on any atom is -0.496 e. The van der Waals surface area contributed by atoms with Crippen molar-refractivity contribution in [2.45, 2.75) is 6.42 Å². The van der Waals surface area contributed by atoms with Crippen molar-refractivity contribution in [3.8, 4) is 17.2 Å². The standard InChI is InChI=1S/C16H25N3O3S.HI/c1-20-13-10-14(21-2)12-15(11-13)22-7-3-4-18-16(17)19-5-8-23-9-6-19;/h10-12H,3-9H2,1-2H3,(H2,17,18);1H. The fraction of sp³-hybridized carbons (Fsp3) is 0.562. The second-order valence-electron chi connectivity index (χ2n) is 5.09. The van der Waals surface area contributed by atoms with E-state index in [1.807, 2.05) is 30.0 Å². The van der Waals surface area contributed by atoms with E-state index in [0.29, 0.717) is 30.6 Å². The van der Waals surface area contributed by atoms with E-state index in [2.05, 4.69) is 9.89 Å². The van der Waals surface area contributed by atoms with Gasteiger partial charge in [-0.25, -0.2) is 0 Å². The molecule has 136 valence electrons. The van der Waals surface area contributed by atoms with Gasteiger partial charge in [0.25, 0.3) is 0 Å². The smallest absolute Gasteiger partial charge is 0.191 e. The lowest BCUT2D eigenvalue weighted by atomic mass is 10.3. The van der Waals surface area contributed by atoms with Gasteiger partial charge in [0.05, 0.1) is 20.8 Å². The van der Waals surface area contributed by atoms with Crippen molar-refractivity contribution in [1.29, 1.82) is 0 Å². The van der Waals surface area contributed by atoms with Gasteiger partial charge in [-0.2, -0.15) is 11.8 Å². The maximum atomic E-state index is 6.01. The molecule has 0 aromatic heterocycles. The molecule has 1 aliphatic rings. The molecule has 6 nitrogen and oxygen atoms in total. The summed E-state index contributed by atoms with van der Waals surface area (Å²) in [6.45, 7) is 3.21. The Labute approximate surface area is 165 Å². The molecule has 0 bridgehead atoms. The Morgan fingerprint density at radius 2 is 1.71 bits per heavy atom. The van der Waals surface area contributed by atoms with Gasteiger partial charge in [-0.1, -0.05) is 0 Å². The molecule has 2 rings (SSSR count). The lowest BCUT2D eigenvalue weighted by Crippen LogP contribution is -2.42. The van der Waals surface area contributed by atoms with Crippen molar-refractivity contribution in [1.82, 2.24) is 4.90 Å². The van der Waals surface area contributed by atoms with Crippen molar-refractivity contribution >= 4 is 41.7 Å². The summed E-state index contributed by atoms with van der Waals surface area (Å²) in [7, 11) is 3.24. The molecule has 1 saturated heterocycles. The highest BCUT2D eigenvalue weighted by Crippen LogP contribution is 2.27. The summed E-state index contributed by atoms with van der Waals surface area (Å²) in [4.78, 5) is 6.57. The number of aliphatic imine (C=N–C) groups is 1. The Kier molecular flexibility index (Phi) is 10.1. The van der Waals surface area contributed by atoms with E-state index in [9.17, 15) is 0 Å². The van der Waals surface area contributed by atoms with Crippen LogP contribution in [-0.4, -0.2) is 62.8 Å². The van der Waals surface area contributed by atoms with Crippen LogP contribution in [0, 0.1) is 0 Å². The molecule has 0 aliphatic carbocycles. The van der Waals surface area contributed by atoms with Gasteiger partial charge < -0.3 is 24.8 Å². The molecular weight excluding hydrogens is 441 g/mol. The van der Waals surface area contributed by atoms with Crippen LogP contribution in [0.3, 0.4) is 0 Å². The number of ether oxygens (including phenoxy) is 3. The zero-order chi connectivity index (χ0) is 16.5. The first kappa shape index (κ1) is 21.0. The minimum absolute atomic E-state index is 0. The maximum absolute atomic E-state index is 6.01. The summed E-state index contributed by atoms with van der Waals surface area (Å²) in [6, 6.07) is 5.49. The van der Waals surface area contributed by atoms with Crippen molar-refractivity contribution in [3.63, 3.8) is 0 Å². The number of hydrogen-bond acceptors (Lipinski definition) is 5. The van der Waals surface area contributed by atoms with Crippen LogP contribution >= 0.6 is 35.7 Å². The predicted molar refractivity (Wildman–Crippen MR) is 110 cm³/mol. The Morgan fingerprint density at radius 1 is 1.12 bits per heavy atom. The highest BCUT2D eigenvalue weighted by molar-refractivity contribution is 14.0. The number of halogens is 1. The third kappa shape index (κ3) is 6.84. The van der Waals surface area contributed by atoms with E-state index in [-0.39, 0.29) is 24.0 Å². The second-order valence-corrected chi connectivity index (χ2v) is 6.31. The van der Waals surface area contributed by atoms with Gasteiger partial charge in [-0.15, -0.1) is 24.0 Å². The number of rotatable bonds is 7. The number of nitrogens with zero attached hydrogens (tertiary/aromatic N) is 2. The van der Waals surface area contributed by atoms with Gasteiger partial charge >= 0.3 is 0 Å². The quantitative estimate of drug-likeness (QED) is 0.288. The molecule has 24 heavy (non-hydrogen) atoms. The van der Waals surface area contributed by atoms with Crippen molar-refractivity contribution < 1.29 is 14.2 Å². The summed E-state index contributed by atoms with van der Waals surface area (Å²) in [5.41, 5.74) is 6.01. The molecule has 1 fully saturated rings. The molecule has 0 unspecified atom stereocenters. The third-order valence-electron chi connectivity index (χ3n) is 3.51. The number of guanidine groups is 1. The molecule has 0 saturated carbocycles. The maximum Gasteiger partial charge on any atom is 0.191 e. The van der Waals surface area contributed by atoms with Crippen molar-refractivity contribution in [2.24, 2.45) is 10.7 Å². The van der Waals surface area contributed by atoms with Gasteiger partial charge in [0.1, 0.15) is 17.2 Å². The molecule has 1 aromatic carbocycles. The van der Waals surface area contributed by atoms with Crippen LogP contribution in [0.2, 0.25) is 0 Å². The van der Waals surface area contributed by atoms with Crippen LogP contribution < -0.4 is 19.9 Å². The highest BCUT2D eigenvalue weighted by Gasteiger charge is 2.11. The summed E-state index contributed by atoms with van der Waals surface area (Å²) < 4.78 is 16.2. The van der Waals surface area contributed by atoms with E-state index < -0.39 is 0 Å². The van der Waals surface area contributed by atoms with Gasteiger partial charge in [-0.05, 0) is 0 Å². The molecule has 0 atom stereocenters. The molecule has 0 amide bonds. The third-order valence-corrected chi connectivity index (χ3v) is 4.45. The molecule has 1 heterocycles.